The minimum absolute atomic E-state index is 0.270. The number of rotatable bonds is 2. The van der Waals surface area contributed by atoms with Gasteiger partial charge in [0.15, 0.2) is 0 Å². The van der Waals surface area contributed by atoms with E-state index in [1.165, 1.54) is 26.8 Å². The smallest absolute Gasteiger partial charge is 0.0700 e. The van der Waals surface area contributed by atoms with Crippen molar-refractivity contribution in [3.63, 3.8) is 0 Å². The summed E-state index contributed by atoms with van der Waals surface area (Å²) >= 11 is 1.78. The predicted molar refractivity (Wildman–Crippen MR) is 87.4 cm³/mol. The van der Waals surface area contributed by atoms with Crippen LogP contribution in [0.1, 0.15) is 16.7 Å². The molecule has 2 heteroatoms. The van der Waals surface area contributed by atoms with Crippen LogP contribution in [-0.4, -0.2) is 0 Å². The fourth-order valence-electron chi connectivity index (χ4n) is 3.47. The molecular weight excluding hydrogens is 274 g/mol. The van der Waals surface area contributed by atoms with Crippen molar-refractivity contribution in [2.75, 3.05) is 0 Å². The summed E-state index contributed by atoms with van der Waals surface area (Å²) in [6.45, 7) is 0. The van der Waals surface area contributed by atoms with E-state index in [0.717, 1.165) is 19.3 Å². The second kappa shape index (κ2) is 4.72. The summed E-state index contributed by atoms with van der Waals surface area (Å²) in [5.74, 6) is 0. The van der Waals surface area contributed by atoms with Gasteiger partial charge in [0.05, 0.1) is 11.5 Å². The molecule has 102 valence electrons. The molecule has 1 aliphatic rings. The van der Waals surface area contributed by atoms with Crippen molar-refractivity contribution in [1.29, 1.82) is 5.26 Å². The average Bonchev–Trinajstić information content (AvgIpc) is 3.09. The molecule has 0 saturated carbocycles. The molecule has 0 bridgehead atoms. The van der Waals surface area contributed by atoms with Gasteiger partial charge in [0.25, 0.3) is 0 Å². The lowest BCUT2D eigenvalue weighted by molar-refractivity contribution is 0.420. The van der Waals surface area contributed by atoms with E-state index < -0.39 is 0 Å². The zero-order valence-corrected chi connectivity index (χ0v) is 12.5. The Kier molecular flexibility index (Phi) is 2.83. The van der Waals surface area contributed by atoms with Gasteiger partial charge in [-0.3, -0.25) is 0 Å². The highest BCUT2D eigenvalue weighted by molar-refractivity contribution is 7.17. The Morgan fingerprint density at radius 3 is 2.38 bits per heavy atom. The fourth-order valence-corrected chi connectivity index (χ4v) is 4.43. The Bertz CT molecular complexity index is 828. The minimum Gasteiger partial charge on any atom is -0.198 e. The third kappa shape index (κ3) is 2.05. The number of benzene rings is 2. The molecule has 0 radical (unpaired) electrons. The molecule has 0 spiro atoms. The van der Waals surface area contributed by atoms with Crippen LogP contribution < -0.4 is 0 Å². The van der Waals surface area contributed by atoms with E-state index in [4.69, 9.17) is 0 Å². The van der Waals surface area contributed by atoms with E-state index in [-0.39, 0.29) is 5.41 Å². The van der Waals surface area contributed by atoms with Gasteiger partial charge in [-0.2, -0.15) is 5.26 Å². The zero-order valence-electron chi connectivity index (χ0n) is 11.7. The summed E-state index contributed by atoms with van der Waals surface area (Å²) in [6.07, 6.45) is 2.61. The van der Waals surface area contributed by atoms with E-state index >= 15 is 0 Å². The van der Waals surface area contributed by atoms with Gasteiger partial charge in [-0.05, 0) is 52.8 Å². The Balaban J connectivity index is 1.72. The molecule has 3 aromatic rings. The first-order valence-corrected chi connectivity index (χ1v) is 8.11. The van der Waals surface area contributed by atoms with E-state index in [0.29, 0.717) is 0 Å². The van der Waals surface area contributed by atoms with Crippen molar-refractivity contribution in [1.82, 2.24) is 0 Å². The third-order valence-corrected chi connectivity index (χ3v) is 5.52. The van der Waals surface area contributed by atoms with Crippen molar-refractivity contribution >= 4 is 21.4 Å². The normalized spacial score (nSPS) is 15.8. The van der Waals surface area contributed by atoms with Gasteiger partial charge in [-0.25, -0.2) is 0 Å². The SMILES string of the molecule is N#CC1(Cc2csc3ccccc23)Cc2ccccc2C1. The maximum Gasteiger partial charge on any atom is 0.0700 e. The summed E-state index contributed by atoms with van der Waals surface area (Å²) in [7, 11) is 0. The van der Waals surface area contributed by atoms with Gasteiger partial charge in [0.1, 0.15) is 0 Å². The lowest BCUT2D eigenvalue weighted by Crippen LogP contribution is -2.22. The quantitative estimate of drug-likeness (QED) is 0.667. The lowest BCUT2D eigenvalue weighted by atomic mass is 9.80. The number of nitrogens with zero attached hydrogens (tertiary/aromatic N) is 1. The molecule has 0 N–H and O–H groups in total. The fraction of sp³-hybridized carbons (Fsp3) is 0.211. The van der Waals surface area contributed by atoms with Crippen LogP contribution in [0.25, 0.3) is 10.1 Å². The van der Waals surface area contributed by atoms with Crippen LogP contribution in [0, 0.1) is 16.7 Å². The van der Waals surface area contributed by atoms with Crippen LogP contribution >= 0.6 is 11.3 Å². The van der Waals surface area contributed by atoms with Gasteiger partial charge >= 0.3 is 0 Å². The minimum atomic E-state index is -0.270. The van der Waals surface area contributed by atoms with Crippen molar-refractivity contribution < 1.29 is 0 Å². The highest BCUT2D eigenvalue weighted by Gasteiger charge is 2.37. The van der Waals surface area contributed by atoms with Crippen LogP contribution in [0.2, 0.25) is 0 Å². The Hall–Kier alpha value is -2.11. The summed E-state index contributed by atoms with van der Waals surface area (Å²) in [5.41, 5.74) is 3.75. The van der Waals surface area contributed by atoms with E-state index in [1.807, 2.05) is 0 Å². The second-order valence-corrected chi connectivity index (χ2v) is 6.86. The summed E-state index contributed by atoms with van der Waals surface area (Å²) in [6, 6.07) is 19.6. The first kappa shape index (κ1) is 12.6. The second-order valence-electron chi connectivity index (χ2n) is 5.95. The van der Waals surface area contributed by atoms with Crippen molar-refractivity contribution in [3.05, 3.63) is 70.6 Å². The van der Waals surface area contributed by atoms with Gasteiger partial charge in [0.2, 0.25) is 0 Å². The van der Waals surface area contributed by atoms with E-state index in [2.05, 4.69) is 60.0 Å². The predicted octanol–water partition coefficient (Wildman–Crippen LogP) is 4.75. The molecule has 0 amide bonds. The molecule has 1 heterocycles. The lowest BCUT2D eigenvalue weighted by Gasteiger charge is -2.19. The molecule has 1 aliphatic carbocycles. The summed E-state index contributed by atoms with van der Waals surface area (Å²) in [4.78, 5) is 0. The number of thiophene rings is 1. The highest BCUT2D eigenvalue weighted by Crippen LogP contribution is 2.41. The van der Waals surface area contributed by atoms with Gasteiger partial charge in [-0.15, -0.1) is 11.3 Å². The number of nitriles is 1. The molecule has 2 aromatic carbocycles. The number of fused-ring (bicyclic) bond motifs is 2. The highest BCUT2D eigenvalue weighted by atomic mass is 32.1. The molecule has 0 fully saturated rings. The summed E-state index contributed by atoms with van der Waals surface area (Å²) < 4.78 is 1.32. The molecular formula is C19H15NS. The molecule has 0 saturated heterocycles. The van der Waals surface area contributed by atoms with Gasteiger partial charge in [-0.1, -0.05) is 42.5 Å². The van der Waals surface area contributed by atoms with Crippen LogP contribution in [0.3, 0.4) is 0 Å². The molecule has 1 aromatic heterocycles. The Morgan fingerprint density at radius 2 is 1.67 bits per heavy atom. The van der Waals surface area contributed by atoms with Gasteiger partial charge in [0, 0.05) is 4.70 Å². The van der Waals surface area contributed by atoms with Crippen LogP contribution in [0.4, 0.5) is 0 Å². The largest absolute Gasteiger partial charge is 0.198 e. The average molecular weight is 289 g/mol. The summed E-state index contributed by atoms with van der Waals surface area (Å²) in [5, 5.41) is 13.4. The van der Waals surface area contributed by atoms with E-state index in [1.54, 1.807) is 11.3 Å². The third-order valence-electron chi connectivity index (χ3n) is 4.50. The standard InChI is InChI=1S/C19H15NS/c20-13-19(9-14-5-1-2-6-15(14)10-19)11-16-12-21-18-8-4-3-7-17(16)18/h1-8,12H,9-11H2. The molecule has 4 rings (SSSR count). The molecule has 0 atom stereocenters. The molecule has 21 heavy (non-hydrogen) atoms. The van der Waals surface area contributed by atoms with Crippen molar-refractivity contribution in [2.24, 2.45) is 5.41 Å². The number of hydrogen-bond acceptors (Lipinski definition) is 2. The topological polar surface area (TPSA) is 23.8 Å². The van der Waals surface area contributed by atoms with Crippen LogP contribution in [0.15, 0.2) is 53.9 Å². The van der Waals surface area contributed by atoms with Gasteiger partial charge < -0.3 is 0 Å². The maximum atomic E-state index is 9.81. The molecule has 0 unspecified atom stereocenters. The van der Waals surface area contributed by atoms with Crippen molar-refractivity contribution in [2.45, 2.75) is 19.3 Å². The van der Waals surface area contributed by atoms with Crippen molar-refractivity contribution in [3.8, 4) is 6.07 Å². The number of hydrogen-bond donors (Lipinski definition) is 0. The van der Waals surface area contributed by atoms with Crippen LogP contribution in [-0.2, 0) is 19.3 Å². The van der Waals surface area contributed by atoms with Crippen LogP contribution in [0.5, 0.6) is 0 Å². The maximum absolute atomic E-state index is 9.81. The first-order chi connectivity index (χ1) is 10.3. The Morgan fingerprint density at radius 1 is 1.00 bits per heavy atom. The monoisotopic (exact) mass is 289 g/mol. The zero-order chi connectivity index (χ0) is 14.3. The Labute approximate surface area is 128 Å². The molecule has 1 nitrogen and oxygen atoms in total. The van der Waals surface area contributed by atoms with E-state index in [9.17, 15) is 5.26 Å². The first-order valence-electron chi connectivity index (χ1n) is 7.23. The molecule has 0 aliphatic heterocycles.